The molecule has 0 radical (unpaired) electrons. The first-order valence-electron chi connectivity index (χ1n) is 14.0. The number of rotatable bonds is 13. The molecule has 0 saturated heterocycles. The van der Waals surface area contributed by atoms with Gasteiger partial charge in [0.05, 0.1) is 39.9 Å². The van der Waals surface area contributed by atoms with Crippen LogP contribution in [-0.2, 0) is 34.5 Å². The van der Waals surface area contributed by atoms with Gasteiger partial charge in [-0.05, 0) is 67.9 Å². The van der Waals surface area contributed by atoms with E-state index in [-0.39, 0.29) is 11.4 Å². The van der Waals surface area contributed by atoms with Gasteiger partial charge in [0.25, 0.3) is 10.1 Å². The molecule has 51 heavy (non-hydrogen) atoms. The van der Waals surface area contributed by atoms with Crippen LogP contribution in [0.15, 0.2) is 107 Å². The van der Waals surface area contributed by atoms with E-state index in [1.807, 2.05) is 6.92 Å². The molecule has 22 heteroatoms. The summed E-state index contributed by atoms with van der Waals surface area (Å²) >= 11 is 0. The number of anilines is 2. The maximum Gasteiger partial charge on any atom is 0.397 e. The van der Waals surface area contributed by atoms with Gasteiger partial charge in [0.1, 0.15) is 15.9 Å². The van der Waals surface area contributed by atoms with E-state index in [2.05, 4.69) is 35.5 Å². The van der Waals surface area contributed by atoms with Crippen LogP contribution < -0.4 is 32.4 Å². The lowest BCUT2D eigenvalue weighted by molar-refractivity contribution is 0.0694. The van der Waals surface area contributed by atoms with Crippen LogP contribution in [0, 0.1) is 13.8 Å². The zero-order chi connectivity index (χ0) is 37.7. The van der Waals surface area contributed by atoms with Gasteiger partial charge in [-0.1, -0.05) is 17.7 Å². The number of nitrogens with zero attached hydrogens (tertiary/aromatic N) is 4. The van der Waals surface area contributed by atoms with Crippen molar-refractivity contribution in [2.45, 2.75) is 23.6 Å². The highest BCUT2D eigenvalue weighted by Gasteiger charge is 2.23. The Kier molecular flexibility index (Phi) is 11.4. The molecule has 0 aliphatic carbocycles. The van der Waals surface area contributed by atoms with Gasteiger partial charge in [0, 0.05) is 6.07 Å². The van der Waals surface area contributed by atoms with E-state index in [0.717, 1.165) is 23.8 Å². The van der Waals surface area contributed by atoms with Crippen LogP contribution in [0.2, 0.25) is 0 Å². The monoisotopic (exact) mass is 762 g/mol. The van der Waals surface area contributed by atoms with E-state index in [1.165, 1.54) is 18.2 Å². The highest BCUT2D eigenvalue weighted by molar-refractivity contribution is 7.91. The van der Waals surface area contributed by atoms with Crippen LogP contribution >= 0.6 is 0 Å². The molecule has 0 fully saturated rings. The summed E-state index contributed by atoms with van der Waals surface area (Å²) in [7, 11) is -14.3. The van der Waals surface area contributed by atoms with Crippen LogP contribution in [-0.4, -0.2) is 57.8 Å². The Bertz CT molecular complexity index is 2620. The summed E-state index contributed by atoms with van der Waals surface area (Å²) in [5, 5.41) is 23.9. The molecule has 0 amide bonds. The lowest BCUT2D eigenvalue weighted by atomic mass is 10.2. The fourth-order valence-corrected chi connectivity index (χ4v) is 6.39. The lowest BCUT2D eigenvalue weighted by Crippen LogP contribution is -2.50. The van der Waals surface area contributed by atoms with Crippen LogP contribution in [0.1, 0.15) is 21.5 Å². The average Bonchev–Trinajstić information content (AvgIpc) is 3.03. The number of hydrogen-bond donors (Lipinski definition) is 5. The van der Waals surface area contributed by atoms with Crippen molar-refractivity contribution < 1.29 is 48.4 Å². The average molecular weight is 763 g/mol. The van der Waals surface area contributed by atoms with Crippen LogP contribution in [0.25, 0.3) is 0 Å². The maximum absolute atomic E-state index is 13.1. The molecule has 0 aromatic heterocycles. The summed E-state index contributed by atoms with van der Waals surface area (Å²) in [6, 6.07) is 14.2. The zero-order valence-corrected chi connectivity index (χ0v) is 28.7. The van der Waals surface area contributed by atoms with Gasteiger partial charge < -0.3 is 5.11 Å². The molecule has 4 aromatic carbocycles. The highest BCUT2D eigenvalue weighted by Crippen LogP contribution is 2.31. The molecule has 0 heterocycles. The number of azo groups is 1. The molecular formula is C29H26N6O13S3. The number of carbonyl (C=O) groups is 1. The van der Waals surface area contributed by atoms with E-state index in [0.29, 0.717) is 17.3 Å². The molecule has 0 aliphatic heterocycles. The predicted octanol–water partition coefficient (Wildman–Crippen LogP) is 1.71. The van der Waals surface area contributed by atoms with E-state index in [9.17, 15) is 49.3 Å². The first-order chi connectivity index (χ1) is 23.7. The van der Waals surface area contributed by atoms with Crippen molar-refractivity contribution in [3.63, 3.8) is 0 Å². The van der Waals surface area contributed by atoms with Crippen molar-refractivity contribution in [3.05, 3.63) is 115 Å². The fourth-order valence-electron chi connectivity index (χ4n) is 4.15. The van der Waals surface area contributed by atoms with Gasteiger partial charge in [0.2, 0.25) is 10.9 Å². The summed E-state index contributed by atoms with van der Waals surface area (Å²) in [5.41, 5.74) is 4.17. The van der Waals surface area contributed by atoms with Gasteiger partial charge in [-0.3, -0.25) is 29.5 Å². The van der Waals surface area contributed by atoms with Gasteiger partial charge >= 0.3 is 16.4 Å². The Morgan fingerprint density at radius 1 is 0.765 bits per heavy atom. The number of carboxylic acid groups (broad SMARTS) is 1. The van der Waals surface area contributed by atoms with E-state index >= 15 is 0 Å². The third kappa shape index (κ3) is 10.0. The lowest BCUT2D eigenvalue weighted by Gasteiger charge is -2.08. The molecule has 5 N–H and O–H groups in total. The molecule has 0 spiro atoms. The Hall–Kier alpha value is -5.52. The van der Waals surface area contributed by atoms with Gasteiger partial charge in [-0.15, -0.1) is 5.11 Å². The van der Waals surface area contributed by atoms with Crippen molar-refractivity contribution in [2.75, 3.05) is 23.2 Å². The maximum atomic E-state index is 13.1. The summed E-state index contributed by atoms with van der Waals surface area (Å²) in [6.45, 7) is 2.44. The number of benzene rings is 4. The van der Waals surface area contributed by atoms with Gasteiger partial charge in [-0.2, -0.15) is 32.2 Å². The summed E-state index contributed by atoms with van der Waals surface area (Å²) < 4.78 is 92.8. The summed E-state index contributed by atoms with van der Waals surface area (Å²) in [4.78, 5) is 35.9. The van der Waals surface area contributed by atoms with Crippen LogP contribution in [0.5, 0.6) is 0 Å². The Balaban J connectivity index is 1.61. The molecule has 0 aliphatic rings. The minimum absolute atomic E-state index is 0.156. The number of sulfone groups is 1. The fraction of sp³-hybridized carbons (Fsp3) is 0.138. The first kappa shape index (κ1) is 38.3. The number of carboxylic acids is 1. The summed E-state index contributed by atoms with van der Waals surface area (Å²) in [5.74, 6) is -2.52. The smallest absolute Gasteiger partial charge is 0.397 e. The predicted molar refractivity (Wildman–Crippen MR) is 179 cm³/mol. The Morgan fingerprint density at radius 3 is 1.96 bits per heavy atom. The normalized spacial score (nSPS) is 13.1. The van der Waals surface area contributed by atoms with Gasteiger partial charge in [0.15, 0.2) is 15.2 Å². The number of hydrogen-bond acceptors (Lipinski definition) is 16. The largest absolute Gasteiger partial charge is 0.478 e. The third-order valence-electron chi connectivity index (χ3n) is 6.68. The minimum atomic E-state index is -5.05. The Morgan fingerprint density at radius 2 is 1.35 bits per heavy atom. The Labute approximate surface area is 288 Å². The second-order valence-corrected chi connectivity index (χ2v) is 15.0. The molecule has 4 aromatic rings. The zero-order valence-electron chi connectivity index (χ0n) is 26.2. The van der Waals surface area contributed by atoms with E-state index in [4.69, 9.17) is 4.55 Å². The molecule has 4 rings (SSSR count). The molecule has 0 saturated carbocycles. The molecule has 0 bridgehead atoms. The first-order valence-corrected chi connectivity index (χ1v) is 18.5. The van der Waals surface area contributed by atoms with Crippen molar-refractivity contribution in [1.29, 1.82) is 0 Å². The molecule has 0 atom stereocenters. The van der Waals surface area contributed by atoms with Gasteiger partial charge in [-0.25, -0.2) is 17.4 Å². The molecular weight excluding hydrogens is 737 g/mol. The SMILES string of the molecule is Cc1ccc(N/N=c2/c(C(=O)O)cc(=O)/c(=N\Nc3ccc(N=Nc4ccc(S(=O)(=O)CCOS(=O)(=O)O)cc4S(=O)(=O)O)c(C)c3)c2=O)cc1. The van der Waals surface area contributed by atoms with E-state index in [1.54, 1.807) is 31.2 Å². The quantitative estimate of drug-likeness (QED) is 0.0736. The van der Waals surface area contributed by atoms with Crippen molar-refractivity contribution in [1.82, 2.24) is 0 Å². The molecule has 0 unspecified atom stereocenters. The highest BCUT2D eigenvalue weighted by atomic mass is 32.3. The van der Waals surface area contributed by atoms with Crippen molar-refractivity contribution in [3.8, 4) is 0 Å². The standard InChI is InChI=1S/C29H26N6O13S3/c1-16-3-5-18(6-4-16)30-34-26-21(29(38)39)15-24(36)27(28(26)37)35-31-19-7-9-22(17(2)13-19)32-33-23-10-8-20(14-25(23)50(42,43)44)49(40,41)12-11-48-51(45,46)47/h3-10,13-15,30-31H,11-12H2,1-2H3,(H,38,39)(H,42,43,44)(H,45,46,47)/b33-32?,34-26-,35-27+. The number of nitrogens with one attached hydrogen (secondary N) is 2. The third-order valence-corrected chi connectivity index (χ3v) is 9.71. The molecule has 19 nitrogen and oxygen atoms in total. The van der Waals surface area contributed by atoms with Crippen LogP contribution in [0.3, 0.4) is 0 Å². The van der Waals surface area contributed by atoms with Crippen LogP contribution in [0.4, 0.5) is 22.7 Å². The topological polar surface area (TPSA) is 297 Å². The minimum Gasteiger partial charge on any atom is -0.478 e. The summed E-state index contributed by atoms with van der Waals surface area (Å²) in [6.07, 6.45) is 0. The second kappa shape index (κ2) is 15.2. The number of aromatic carboxylic acids is 1. The number of aryl methyl sites for hydroxylation is 2. The van der Waals surface area contributed by atoms with E-state index < -0.39 is 91.3 Å². The molecule has 268 valence electrons. The van der Waals surface area contributed by atoms with Crippen molar-refractivity contribution >= 4 is 59.1 Å². The second-order valence-electron chi connectivity index (χ2n) is 10.4. The van der Waals surface area contributed by atoms with Crippen molar-refractivity contribution in [2.24, 2.45) is 20.4 Å².